The van der Waals surface area contributed by atoms with Crippen LogP contribution >= 0.6 is 0 Å². The molecule has 0 radical (unpaired) electrons. The van der Waals surface area contributed by atoms with E-state index in [2.05, 4.69) is 11.4 Å². The van der Waals surface area contributed by atoms with Crippen LogP contribution in [0.2, 0.25) is 0 Å². The minimum absolute atomic E-state index is 0.487. The number of benzene rings is 2. The number of rotatable bonds is 6. The van der Waals surface area contributed by atoms with Gasteiger partial charge in [0.15, 0.2) is 0 Å². The maximum Gasteiger partial charge on any atom is 0.239 e. The predicted octanol–water partition coefficient (Wildman–Crippen LogP) is 2.64. The van der Waals surface area contributed by atoms with Gasteiger partial charge >= 0.3 is 0 Å². The molecule has 0 spiro atoms. The van der Waals surface area contributed by atoms with Crippen LogP contribution in [-0.4, -0.2) is 11.4 Å². The SMILES string of the molecule is Cc1ccc(C[C@](C)(C#N)N[C@H](C(N)=O)c2ccccc2)cc1. The van der Waals surface area contributed by atoms with Crippen molar-refractivity contribution in [3.8, 4) is 6.07 Å². The van der Waals surface area contributed by atoms with Crippen molar-refractivity contribution >= 4 is 5.91 Å². The lowest BCUT2D eigenvalue weighted by atomic mass is 9.91. The van der Waals surface area contributed by atoms with Gasteiger partial charge in [0.05, 0.1) is 6.07 Å². The van der Waals surface area contributed by atoms with Crippen LogP contribution in [0, 0.1) is 18.3 Å². The molecule has 0 fully saturated rings. The zero-order valence-corrected chi connectivity index (χ0v) is 13.4. The topological polar surface area (TPSA) is 78.9 Å². The summed E-state index contributed by atoms with van der Waals surface area (Å²) in [5.74, 6) is -0.499. The lowest BCUT2D eigenvalue weighted by molar-refractivity contribution is -0.120. The molecule has 2 atom stereocenters. The number of carbonyl (C=O) groups is 1. The highest BCUT2D eigenvalue weighted by molar-refractivity contribution is 5.81. The predicted molar refractivity (Wildman–Crippen MR) is 90.4 cm³/mol. The van der Waals surface area contributed by atoms with Crippen molar-refractivity contribution in [2.24, 2.45) is 5.73 Å². The second-order valence-electron chi connectivity index (χ2n) is 6.00. The maximum atomic E-state index is 11.8. The Balaban J connectivity index is 2.23. The van der Waals surface area contributed by atoms with Gasteiger partial charge in [-0.25, -0.2) is 0 Å². The van der Waals surface area contributed by atoms with Crippen molar-refractivity contribution < 1.29 is 4.79 Å². The molecule has 3 N–H and O–H groups in total. The summed E-state index contributed by atoms with van der Waals surface area (Å²) in [6.07, 6.45) is 0.487. The van der Waals surface area contributed by atoms with E-state index in [4.69, 9.17) is 5.73 Å². The average Bonchev–Trinajstić information content (AvgIpc) is 2.55. The molecule has 0 saturated heterocycles. The van der Waals surface area contributed by atoms with Gasteiger partial charge in [0, 0.05) is 6.42 Å². The molecule has 2 aromatic carbocycles. The van der Waals surface area contributed by atoms with Crippen molar-refractivity contribution in [1.29, 1.82) is 5.26 Å². The first-order valence-corrected chi connectivity index (χ1v) is 7.52. The van der Waals surface area contributed by atoms with E-state index in [-0.39, 0.29) is 0 Å². The summed E-state index contributed by atoms with van der Waals surface area (Å²) in [5.41, 5.74) is 7.59. The van der Waals surface area contributed by atoms with E-state index < -0.39 is 17.5 Å². The van der Waals surface area contributed by atoms with Crippen LogP contribution in [0.5, 0.6) is 0 Å². The minimum Gasteiger partial charge on any atom is -0.368 e. The van der Waals surface area contributed by atoms with Crippen LogP contribution in [0.4, 0.5) is 0 Å². The summed E-state index contributed by atoms with van der Waals surface area (Å²) in [5, 5.41) is 12.7. The van der Waals surface area contributed by atoms with Crippen LogP contribution in [0.25, 0.3) is 0 Å². The van der Waals surface area contributed by atoms with E-state index in [1.54, 1.807) is 6.92 Å². The standard InChI is InChI=1S/C19H21N3O/c1-14-8-10-15(11-9-14)12-19(2,13-20)22-17(18(21)23)16-6-4-3-5-7-16/h3-11,17,22H,12H2,1-2H3,(H2,21,23)/t17-,19+/m0/s1. The van der Waals surface area contributed by atoms with Crippen LogP contribution in [-0.2, 0) is 11.2 Å². The Bertz CT molecular complexity index is 704. The Morgan fingerprint density at radius 2 is 1.83 bits per heavy atom. The van der Waals surface area contributed by atoms with Crippen molar-refractivity contribution in [3.05, 3.63) is 71.3 Å². The molecule has 0 bridgehead atoms. The lowest BCUT2D eigenvalue weighted by Crippen LogP contribution is -2.48. The smallest absolute Gasteiger partial charge is 0.239 e. The first-order valence-electron chi connectivity index (χ1n) is 7.52. The maximum absolute atomic E-state index is 11.8. The molecule has 2 rings (SSSR count). The van der Waals surface area contributed by atoms with Crippen LogP contribution in [0.3, 0.4) is 0 Å². The van der Waals surface area contributed by atoms with Gasteiger partial charge in [0.2, 0.25) is 5.91 Å². The molecule has 1 amide bonds. The minimum atomic E-state index is -0.898. The summed E-state index contributed by atoms with van der Waals surface area (Å²) in [7, 11) is 0. The first-order chi connectivity index (χ1) is 10.9. The number of hydrogen-bond acceptors (Lipinski definition) is 3. The molecule has 23 heavy (non-hydrogen) atoms. The molecule has 0 heterocycles. The monoisotopic (exact) mass is 307 g/mol. The van der Waals surface area contributed by atoms with E-state index in [9.17, 15) is 10.1 Å². The van der Waals surface area contributed by atoms with Crippen LogP contribution in [0.15, 0.2) is 54.6 Å². The summed E-state index contributed by atoms with van der Waals surface area (Å²) in [6, 6.07) is 18.8. The van der Waals surface area contributed by atoms with Crippen molar-refractivity contribution in [1.82, 2.24) is 5.32 Å². The van der Waals surface area contributed by atoms with Crippen LogP contribution in [0.1, 0.15) is 29.7 Å². The van der Waals surface area contributed by atoms with Gasteiger partial charge in [-0.1, -0.05) is 60.2 Å². The van der Waals surface area contributed by atoms with E-state index in [0.29, 0.717) is 6.42 Å². The molecule has 2 aromatic rings. The number of carbonyl (C=O) groups excluding carboxylic acids is 1. The molecule has 4 nitrogen and oxygen atoms in total. The number of nitrogens with one attached hydrogen (secondary N) is 1. The number of nitriles is 1. The molecular weight excluding hydrogens is 286 g/mol. The lowest BCUT2D eigenvalue weighted by Gasteiger charge is -2.28. The van der Waals surface area contributed by atoms with Crippen molar-refractivity contribution in [3.63, 3.8) is 0 Å². The summed E-state index contributed by atoms with van der Waals surface area (Å²) in [4.78, 5) is 11.8. The highest BCUT2D eigenvalue weighted by Gasteiger charge is 2.30. The summed E-state index contributed by atoms with van der Waals surface area (Å²) < 4.78 is 0. The van der Waals surface area contributed by atoms with Gasteiger partial charge in [-0.15, -0.1) is 0 Å². The molecule has 0 aliphatic heterocycles. The number of nitrogens with zero attached hydrogens (tertiary/aromatic N) is 1. The van der Waals surface area contributed by atoms with E-state index in [1.165, 1.54) is 5.56 Å². The van der Waals surface area contributed by atoms with Crippen molar-refractivity contribution in [2.75, 3.05) is 0 Å². The second-order valence-corrected chi connectivity index (χ2v) is 6.00. The highest BCUT2D eigenvalue weighted by atomic mass is 16.1. The Morgan fingerprint density at radius 1 is 1.22 bits per heavy atom. The normalized spacial score (nSPS) is 14.5. The third-order valence-corrected chi connectivity index (χ3v) is 3.81. The highest BCUT2D eigenvalue weighted by Crippen LogP contribution is 2.20. The Hall–Kier alpha value is -2.64. The molecule has 118 valence electrons. The molecular formula is C19H21N3O. The number of primary amides is 1. The molecule has 4 heteroatoms. The number of amides is 1. The number of nitrogens with two attached hydrogens (primary N) is 1. The largest absolute Gasteiger partial charge is 0.368 e. The van der Waals surface area contributed by atoms with E-state index >= 15 is 0 Å². The number of aryl methyl sites for hydroxylation is 1. The quantitative estimate of drug-likeness (QED) is 0.861. The zero-order valence-electron chi connectivity index (χ0n) is 13.4. The van der Waals surface area contributed by atoms with Gasteiger partial charge in [-0.05, 0) is 25.0 Å². The second kappa shape index (κ2) is 7.08. The van der Waals surface area contributed by atoms with Crippen LogP contribution < -0.4 is 11.1 Å². The third-order valence-electron chi connectivity index (χ3n) is 3.81. The fourth-order valence-corrected chi connectivity index (χ4v) is 2.52. The fourth-order valence-electron chi connectivity index (χ4n) is 2.52. The molecule has 0 aliphatic rings. The molecule has 0 unspecified atom stereocenters. The summed E-state index contributed by atoms with van der Waals surface area (Å²) >= 11 is 0. The molecule has 0 aromatic heterocycles. The zero-order chi connectivity index (χ0) is 16.9. The van der Waals surface area contributed by atoms with Gasteiger partial charge in [0.25, 0.3) is 0 Å². The Morgan fingerprint density at radius 3 is 2.35 bits per heavy atom. The van der Waals surface area contributed by atoms with E-state index in [0.717, 1.165) is 11.1 Å². The average molecular weight is 307 g/mol. The summed E-state index contributed by atoms with van der Waals surface area (Å²) in [6.45, 7) is 3.80. The van der Waals surface area contributed by atoms with Gasteiger partial charge in [-0.2, -0.15) is 5.26 Å². The van der Waals surface area contributed by atoms with E-state index in [1.807, 2.05) is 61.5 Å². The van der Waals surface area contributed by atoms with Gasteiger partial charge in [-0.3, -0.25) is 10.1 Å². The number of hydrogen-bond donors (Lipinski definition) is 2. The molecule has 0 saturated carbocycles. The third kappa shape index (κ3) is 4.41. The van der Waals surface area contributed by atoms with Gasteiger partial charge < -0.3 is 5.73 Å². The van der Waals surface area contributed by atoms with Gasteiger partial charge in [0.1, 0.15) is 11.6 Å². The molecule has 0 aliphatic carbocycles. The first kappa shape index (κ1) is 16.7. The Labute approximate surface area is 136 Å². The van der Waals surface area contributed by atoms with Crippen molar-refractivity contribution in [2.45, 2.75) is 31.8 Å². The fraction of sp³-hybridized carbons (Fsp3) is 0.263. The Kier molecular flexibility index (Phi) is 5.15.